The minimum atomic E-state index is -0.546. The first-order valence-electron chi connectivity index (χ1n) is 7.75. The molecule has 0 atom stereocenters. The minimum absolute atomic E-state index is 0.0778. The zero-order valence-corrected chi connectivity index (χ0v) is 13.7. The summed E-state index contributed by atoms with van der Waals surface area (Å²) >= 11 is 0. The van der Waals surface area contributed by atoms with Crippen LogP contribution in [0, 0.1) is 20.2 Å². The maximum atomic E-state index is 11.0. The first kappa shape index (κ1) is 16.8. The molecule has 2 aromatic rings. The van der Waals surface area contributed by atoms with Crippen molar-refractivity contribution in [3.05, 3.63) is 55.6 Å². The second kappa shape index (κ2) is 6.61. The highest BCUT2D eigenvalue weighted by molar-refractivity contribution is 5.61. The number of nitro groups is 2. The van der Waals surface area contributed by atoms with Crippen LogP contribution in [0.2, 0.25) is 0 Å². The average molecular weight is 376 g/mol. The minimum Gasteiger partial charge on any atom is -0.453 e. The van der Waals surface area contributed by atoms with Crippen LogP contribution in [0.1, 0.15) is 11.1 Å². The van der Waals surface area contributed by atoms with E-state index in [1.807, 2.05) is 0 Å². The van der Waals surface area contributed by atoms with Crippen molar-refractivity contribution in [2.45, 2.75) is 13.2 Å². The van der Waals surface area contributed by atoms with E-state index in [4.69, 9.17) is 23.7 Å². The number of benzene rings is 2. The number of ether oxygens (including phenoxy) is 5. The molecular weight excluding hydrogens is 364 g/mol. The molecule has 11 nitrogen and oxygen atoms in total. The Morgan fingerprint density at radius 2 is 1.15 bits per heavy atom. The molecular formula is C16H12N2O9. The van der Waals surface area contributed by atoms with Crippen LogP contribution in [0.15, 0.2) is 24.3 Å². The number of nitro benzene ring substituents is 2. The van der Waals surface area contributed by atoms with Gasteiger partial charge in [-0.1, -0.05) is 0 Å². The molecule has 27 heavy (non-hydrogen) atoms. The zero-order valence-electron chi connectivity index (χ0n) is 13.7. The summed E-state index contributed by atoms with van der Waals surface area (Å²) in [6.45, 7) is -0.0188. The van der Waals surface area contributed by atoms with Crippen LogP contribution in [0.3, 0.4) is 0 Å². The lowest BCUT2D eigenvalue weighted by molar-refractivity contribution is -0.385. The highest BCUT2D eigenvalue weighted by atomic mass is 16.7. The molecule has 0 unspecified atom stereocenters. The van der Waals surface area contributed by atoms with Crippen LogP contribution >= 0.6 is 0 Å². The van der Waals surface area contributed by atoms with Gasteiger partial charge in [0, 0.05) is 23.3 Å². The molecule has 0 bridgehead atoms. The normalized spacial score (nSPS) is 13.6. The molecule has 4 rings (SSSR count). The van der Waals surface area contributed by atoms with Crippen molar-refractivity contribution in [2.75, 3.05) is 13.6 Å². The third-order valence-corrected chi connectivity index (χ3v) is 4.07. The maximum Gasteiger partial charge on any atom is 0.315 e. The topological polar surface area (TPSA) is 132 Å². The van der Waals surface area contributed by atoms with Gasteiger partial charge in [-0.25, -0.2) is 0 Å². The van der Waals surface area contributed by atoms with Gasteiger partial charge in [0.25, 0.3) is 0 Å². The lowest BCUT2D eigenvalue weighted by Crippen LogP contribution is -1.99. The van der Waals surface area contributed by atoms with E-state index in [0.29, 0.717) is 11.1 Å². The predicted octanol–water partition coefficient (Wildman–Crippen LogP) is 2.68. The predicted molar refractivity (Wildman–Crippen MR) is 86.9 cm³/mol. The van der Waals surface area contributed by atoms with Crippen molar-refractivity contribution in [1.82, 2.24) is 0 Å². The van der Waals surface area contributed by atoms with Crippen molar-refractivity contribution >= 4 is 11.4 Å². The molecule has 2 heterocycles. The van der Waals surface area contributed by atoms with Crippen LogP contribution in [0.5, 0.6) is 23.0 Å². The smallest absolute Gasteiger partial charge is 0.315 e. The van der Waals surface area contributed by atoms with Crippen LogP contribution in [0.4, 0.5) is 11.4 Å². The fourth-order valence-corrected chi connectivity index (χ4v) is 2.86. The molecule has 0 spiro atoms. The molecule has 2 aliphatic heterocycles. The Kier molecular flexibility index (Phi) is 4.12. The van der Waals surface area contributed by atoms with Crippen molar-refractivity contribution in [3.63, 3.8) is 0 Å². The monoisotopic (exact) mass is 376 g/mol. The molecule has 0 aliphatic carbocycles. The van der Waals surface area contributed by atoms with Crippen LogP contribution in [-0.4, -0.2) is 23.4 Å². The Morgan fingerprint density at radius 1 is 0.741 bits per heavy atom. The Morgan fingerprint density at radius 3 is 1.56 bits per heavy atom. The average Bonchev–Trinajstić information content (AvgIpc) is 3.31. The zero-order chi connectivity index (χ0) is 19.0. The summed E-state index contributed by atoms with van der Waals surface area (Å²) in [5, 5.41) is 22.0. The first-order chi connectivity index (χ1) is 13.1. The van der Waals surface area contributed by atoms with Gasteiger partial charge in [-0.3, -0.25) is 20.2 Å². The molecule has 0 amide bonds. The summed E-state index contributed by atoms with van der Waals surface area (Å²) in [6.07, 6.45) is 0. The number of rotatable bonds is 6. The number of hydrogen-bond donors (Lipinski definition) is 0. The summed E-state index contributed by atoms with van der Waals surface area (Å²) in [4.78, 5) is 20.9. The summed E-state index contributed by atoms with van der Waals surface area (Å²) in [7, 11) is 0. The maximum absolute atomic E-state index is 11.0. The van der Waals surface area contributed by atoms with Crippen molar-refractivity contribution in [1.29, 1.82) is 0 Å². The van der Waals surface area contributed by atoms with E-state index in [1.54, 1.807) is 0 Å². The Labute approximate surface area is 151 Å². The van der Waals surface area contributed by atoms with Crippen LogP contribution in [0.25, 0.3) is 0 Å². The van der Waals surface area contributed by atoms with Gasteiger partial charge in [0.05, 0.1) is 23.1 Å². The van der Waals surface area contributed by atoms with Gasteiger partial charge in [0.2, 0.25) is 25.1 Å². The van der Waals surface area contributed by atoms with Crippen molar-refractivity contribution in [2.24, 2.45) is 0 Å². The van der Waals surface area contributed by atoms with E-state index >= 15 is 0 Å². The van der Waals surface area contributed by atoms with Gasteiger partial charge in [-0.15, -0.1) is 0 Å². The van der Waals surface area contributed by atoms with E-state index in [2.05, 4.69) is 0 Å². The van der Waals surface area contributed by atoms with Gasteiger partial charge in [0.15, 0.2) is 11.5 Å². The van der Waals surface area contributed by atoms with Gasteiger partial charge in [-0.05, 0) is 12.1 Å². The SMILES string of the molecule is O=[N+]([O-])c1ccc(COCc2ccc([N+](=O)[O-])c3c2OCO3)c2c1OCO2. The van der Waals surface area contributed by atoms with Gasteiger partial charge in [-0.2, -0.15) is 0 Å². The van der Waals surface area contributed by atoms with E-state index in [-0.39, 0.29) is 61.2 Å². The first-order valence-corrected chi connectivity index (χ1v) is 7.75. The van der Waals surface area contributed by atoms with Gasteiger partial charge < -0.3 is 23.7 Å². The third kappa shape index (κ3) is 2.93. The highest BCUT2D eigenvalue weighted by Gasteiger charge is 2.30. The summed E-state index contributed by atoms with van der Waals surface area (Å²) in [5.74, 6) is 0.707. The Hall–Kier alpha value is -3.60. The Bertz CT molecular complexity index is 868. The van der Waals surface area contributed by atoms with Crippen molar-refractivity contribution < 1.29 is 33.5 Å². The van der Waals surface area contributed by atoms with E-state index in [9.17, 15) is 20.2 Å². The van der Waals surface area contributed by atoms with E-state index in [0.717, 1.165) is 0 Å². The molecule has 0 N–H and O–H groups in total. The van der Waals surface area contributed by atoms with E-state index < -0.39 is 9.85 Å². The van der Waals surface area contributed by atoms with E-state index in [1.165, 1.54) is 24.3 Å². The lowest BCUT2D eigenvalue weighted by atomic mass is 10.1. The molecule has 0 saturated carbocycles. The Balaban J connectivity index is 1.50. The number of hydrogen-bond acceptors (Lipinski definition) is 9. The molecule has 0 radical (unpaired) electrons. The molecule has 0 fully saturated rings. The largest absolute Gasteiger partial charge is 0.453 e. The quantitative estimate of drug-likeness (QED) is 0.551. The second-order valence-electron chi connectivity index (χ2n) is 5.62. The molecule has 140 valence electrons. The van der Waals surface area contributed by atoms with Crippen LogP contribution < -0.4 is 18.9 Å². The summed E-state index contributed by atoms with van der Waals surface area (Å²) in [5.41, 5.74) is 0.822. The third-order valence-electron chi connectivity index (χ3n) is 4.07. The fraction of sp³-hybridized carbons (Fsp3) is 0.250. The summed E-state index contributed by atoms with van der Waals surface area (Å²) < 4.78 is 26.6. The molecule has 2 aliphatic rings. The van der Waals surface area contributed by atoms with Crippen LogP contribution in [-0.2, 0) is 18.0 Å². The fourth-order valence-electron chi connectivity index (χ4n) is 2.86. The molecule has 11 heteroatoms. The van der Waals surface area contributed by atoms with Gasteiger partial charge >= 0.3 is 11.4 Å². The number of nitrogens with zero attached hydrogens (tertiary/aromatic N) is 2. The second-order valence-corrected chi connectivity index (χ2v) is 5.62. The molecule has 0 saturated heterocycles. The standard InChI is InChI=1S/C16H12N2O9/c19-17(20)11-3-1-9(13-15(11)26-7-24-13)5-23-6-10-2-4-12(18(21)22)16-14(10)25-8-27-16/h1-4H,5-8H2. The van der Waals surface area contributed by atoms with Crippen molar-refractivity contribution in [3.8, 4) is 23.0 Å². The highest BCUT2D eigenvalue weighted by Crippen LogP contribution is 2.45. The lowest BCUT2D eigenvalue weighted by Gasteiger charge is -2.09. The summed E-state index contributed by atoms with van der Waals surface area (Å²) in [6, 6.07) is 5.72. The molecule has 0 aromatic heterocycles. The molecule has 2 aromatic carbocycles. The number of fused-ring (bicyclic) bond motifs is 2. The van der Waals surface area contributed by atoms with Gasteiger partial charge in [0.1, 0.15) is 0 Å².